The van der Waals surface area contributed by atoms with Crippen LogP contribution in [0.2, 0.25) is 14.3 Å². The monoisotopic (exact) mass is 506 g/mol. The summed E-state index contributed by atoms with van der Waals surface area (Å²) in [6, 6.07) is 15.7. The van der Waals surface area contributed by atoms with Gasteiger partial charge in [-0.15, -0.1) is 12.4 Å². The molecule has 0 aromatic heterocycles. The molecule has 0 spiro atoms. The fourth-order valence-electron chi connectivity index (χ4n) is 3.78. The SMILES string of the molecule is Cc1ccc(C(=O)Oc2ccc(C([CH2][SnH]([CH3])[CH3])C3=CCCCC3)cc2)cc1.Cl. The minimum absolute atomic E-state index is 0. The van der Waals surface area contributed by atoms with Crippen molar-refractivity contribution in [2.75, 3.05) is 0 Å². The number of rotatable bonds is 6. The minimum Gasteiger partial charge on any atom is -0.147 e. The fraction of sp³-hybridized carbons (Fsp3) is 0.375. The molecule has 0 saturated heterocycles. The number of carbonyl (C=O) groups excluding carboxylic acids is 1. The number of allylic oxidation sites excluding steroid dienone is 2. The molecule has 0 heterocycles. The third-order valence-electron chi connectivity index (χ3n) is 5.26. The van der Waals surface area contributed by atoms with Gasteiger partial charge in [0.1, 0.15) is 0 Å². The van der Waals surface area contributed by atoms with Crippen LogP contribution < -0.4 is 4.74 Å². The zero-order valence-corrected chi connectivity index (χ0v) is 21.2. The van der Waals surface area contributed by atoms with E-state index in [0.717, 1.165) is 5.56 Å². The minimum atomic E-state index is -1.36. The van der Waals surface area contributed by atoms with Crippen molar-refractivity contribution < 1.29 is 9.53 Å². The number of carbonyl (C=O) groups is 1. The molecule has 1 unspecified atom stereocenters. The Kier molecular flexibility index (Phi) is 9.09. The summed E-state index contributed by atoms with van der Waals surface area (Å²) in [5.41, 5.74) is 4.73. The average Bonchev–Trinajstić information content (AvgIpc) is 2.68. The van der Waals surface area contributed by atoms with Crippen LogP contribution in [-0.2, 0) is 0 Å². The van der Waals surface area contributed by atoms with Crippen molar-refractivity contribution in [2.45, 2.75) is 52.8 Å². The number of hydrogen-bond donors (Lipinski definition) is 0. The van der Waals surface area contributed by atoms with Gasteiger partial charge >= 0.3 is 164 Å². The van der Waals surface area contributed by atoms with Crippen molar-refractivity contribution in [3.8, 4) is 5.75 Å². The van der Waals surface area contributed by atoms with Gasteiger partial charge < -0.3 is 0 Å². The Labute approximate surface area is 182 Å². The second-order valence-corrected chi connectivity index (χ2v) is 17.3. The van der Waals surface area contributed by atoms with E-state index in [1.54, 1.807) is 5.57 Å². The largest absolute Gasteiger partial charge is 0.147 e. The van der Waals surface area contributed by atoms with Crippen molar-refractivity contribution >= 4 is 38.1 Å². The van der Waals surface area contributed by atoms with E-state index < -0.39 is 19.8 Å². The van der Waals surface area contributed by atoms with Crippen LogP contribution in [0.1, 0.15) is 53.1 Å². The van der Waals surface area contributed by atoms with Crippen LogP contribution in [0.15, 0.2) is 60.2 Å². The van der Waals surface area contributed by atoms with Crippen LogP contribution >= 0.6 is 12.4 Å². The summed E-state index contributed by atoms with van der Waals surface area (Å²) in [5, 5.41) is 0. The quantitative estimate of drug-likeness (QED) is 0.189. The smallest absolute Gasteiger partial charge is 0.147 e. The molecule has 0 aliphatic heterocycles. The van der Waals surface area contributed by atoms with Gasteiger partial charge in [0.25, 0.3) is 0 Å². The van der Waals surface area contributed by atoms with E-state index in [0.29, 0.717) is 17.2 Å². The Hall–Kier alpha value is -1.26. The first kappa shape index (κ1) is 23.0. The molecule has 150 valence electrons. The van der Waals surface area contributed by atoms with E-state index in [9.17, 15) is 4.79 Å². The summed E-state index contributed by atoms with van der Waals surface area (Å²) in [5.74, 6) is 0.893. The first-order chi connectivity index (χ1) is 13.0. The van der Waals surface area contributed by atoms with Crippen LogP contribution in [-0.4, -0.2) is 25.7 Å². The second kappa shape index (κ2) is 11.1. The number of halogens is 1. The zero-order valence-electron chi connectivity index (χ0n) is 17.1. The molecule has 0 saturated carbocycles. The van der Waals surface area contributed by atoms with Gasteiger partial charge in [-0.2, -0.15) is 0 Å². The normalized spacial score (nSPS) is 14.8. The molecule has 4 heteroatoms. The van der Waals surface area contributed by atoms with Gasteiger partial charge in [-0.25, -0.2) is 0 Å². The summed E-state index contributed by atoms with van der Waals surface area (Å²) in [7, 11) is 0. The Morgan fingerprint density at radius 2 is 1.71 bits per heavy atom. The molecule has 0 fully saturated rings. The first-order valence-electron chi connectivity index (χ1n) is 10.1. The molecule has 2 nitrogen and oxygen atoms in total. The molecule has 28 heavy (non-hydrogen) atoms. The maximum atomic E-state index is 12.3. The zero-order chi connectivity index (χ0) is 19.2. The molecule has 0 N–H and O–H groups in total. The van der Waals surface area contributed by atoms with Gasteiger partial charge in [0.05, 0.1) is 0 Å². The molecule has 0 radical (unpaired) electrons. The van der Waals surface area contributed by atoms with Gasteiger partial charge in [-0.3, -0.25) is 0 Å². The van der Waals surface area contributed by atoms with E-state index in [2.05, 4.69) is 28.1 Å². The Balaban J connectivity index is 0.00000280. The molecule has 0 amide bonds. The van der Waals surface area contributed by atoms with Gasteiger partial charge in [-0.05, 0) is 6.92 Å². The van der Waals surface area contributed by atoms with Gasteiger partial charge in [0.15, 0.2) is 0 Å². The summed E-state index contributed by atoms with van der Waals surface area (Å²) < 4.78 is 6.93. The Bertz CT molecular complexity index is 794. The van der Waals surface area contributed by atoms with Gasteiger partial charge in [0.2, 0.25) is 0 Å². The van der Waals surface area contributed by atoms with E-state index in [4.69, 9.17) is 4.74 Å². The number of ether oxygens (including phenoxy) is 1. The molecule has 1 aliphatic carbocycles. The maximum absolute atomic E-state index is 12.3. The number of aryl methyl sites for hydroxylation is 1. The molecular weight excluding hydrogens is 474 g/mol. The molecule has 3 rings (SSSR count). The Morgan fingerprint density at radius 3 is 2.29 bits per heavy atom. The van der Waals surface area contributed by atoms with Crippen molar-refractivity contribution in [3.05, 3.63) is 76.9 Å². The number of benzene rings is 2. The third kappa shape index (κ3) is 6.38. The maximum Gasteiger partial charge on any atom is -0.147 e. The third-order valence-corrected chi connectivity index (χ3v) is 9.30. The van der Waals surface area contributed by atoms with E-state index >= 15 is 0 Å². The van der Waals surface area contributed by atoms with E-state index in [-0.39, 0.29) is 18.4 Å². The number of hydrogen-bond acceptors (Lipinski definition) is 2. The topological polar surface area (TPSA) is 26.3 Å². The van der Waals surface area contributed by atoms with Crippen LogP contribution in [0.25, 0.3) is 0 Å². The van der Waals surface area contributed by atoms with E-state index in [1.165, 1.54) is 35.7 Å². The van der Waals surface area contributed by atoms with Crippen LogP contribution in [0.3, 0.4) is 0 Å². The summed E-state index contributed by atoms with van der Waals surface area (Å²) in [4.78, 5) is 17.3. The molecule has 0 bridgehead atoms. The van der Waals surface area contributed by atoms with Crippen molar-refractivity contribution in [1.82, 2.24) is 0 Å². The average molecular weight is 506 g/mol. The first-order valence-corrected chi connectivity index (χ1v) is 19.0. The standard InChI is InChI=1S/C22H23O2.2CH3.ClH.Sn.H/c1-16-8-10-20(11-9-16)22(23)24-21-14-12-19(13-15-21)17(2)18-6-4-3-5-7-18;;;;;/h6,8-15,17H,2-5,7H2,1H3;2*1H3;1H;;. The fourth-order valence-corrected chi connectivity index (χ4v) is 8.11. The summed E-state index contributed by atoms with van der Waals surface area (Å²) in [6.45, 7) is 2.01. The van der Waals surface area contributed by atoms with E-state index in [1.807, 2.05) is 43.3 Å². The van der Waals surface area contributed by atoms with Gasteiger partial charge in [0, 0.05) is 0 Å². The number of esters is 1. The van der Waals surface area contributed by atoms with Crippen molar-refractivity contribution in [3.63, 3.8) is 0 Å². The summed E-state index contributed by atoms with van der Waals surface area (Å²) in [6.07, 6.45) is 7.60. The molecule has 2 aromatic carbocycles. The predicted octanol–water partition coefficient (Wildman–Crippen LogP) is 6.71. The van der Waals surface area contributed by atoms with Crippen molar-refractivity contribution in [1.29, 1.82) is 0 Å². The molecule has 2 aromatic rings. The molecule has 1 atom stereocenters. The second-order valence-electron chi connectivity index (χ2n) is 8.03. The van der Waals surface area contributed by atoms with Crippen molar-refractivity contribution in [2.24, 2.45) is 0 Å². The predicted molar refractivity (Wildman–Crippen MR) is 123 cm³/mol. The van der Waals surface area contributed by atoms with Crippen LogP contribution in [0.5, 0.6) is 5.75 Å². The summed E-state index contributed by atoms with van der Waals surface area (Å²) >= 11 is -1.36. The van der Waals surface area contributed by atoms with Crippen LogP contribution in [0.4, 0.5) is 0 Å². The Morgan fingerprint density at radius 1 is 1.04 bits per heavy atom. The molecular formula is C24H31ClO2Sn. The van der Waals surface area contributed by atoms with Gasteiger partial charge in [-0.1, -0.05) is 0 Å². The molecule has 1 aliphatic rings. The van der Waals surface area contributed by atoms with Crippen LogP contribution in [0, 0.1) is 6.92 Å².